The van der Waals surface area contributed by atoms with E-state index in [1.165, 1.54) is 0 Å². The third-order valence-electron chi connectivity index (χ3n) is 4.64. The smallest absolute Gasteiger partial charge is 0.324 e. The van der Waals surface area contributed by atoms with Crippen molar-refractivity contribution in [1.29, 1.82) is 0 Å². The fourth-order valence-corrected chi connectivity index (χ4v) is 3.13. The molecule has 156 valence electrons. The lowest BCUT2D eigenvalue weighted by atomic mass is 9.99. The average Bonchev–Trinajstić information content (AvgIpc) is 3.09. The molecule has 0 saturated carbocycles. The van der Waals surface area contributed by atoms with E-state index < -0.39 is 24.5 Å². The van der Waals surface area contributed by atoms with Crippen LogP contribution >= 0.6 is 0 Å². The van der Waals surface area contributed by atoms with E-state index in [9.17, 15) is 19.2 Å². The summed E-state index contributed by atoms with van der Waals surface area (Å²) >= 11 is 0. The molecular formula is C22H23N3O5. The second-order valence-corrected chi connectivity index (χ2v) is 6.79. The molecule has 0 spiro atoms. The summed E-state index contributed by atoms with van der Waals surface area (Å²) in [5.74, 6) is -1.30. The highest BCUT2D eigenvalue weighted by atomic mass is 16.5. The Morgan fingerprint density at radius 1 is 1.00 bits per heavy atom. The van der Waals surface area contributed by atoms with E-state index in [1.807, 2.05) is 60.7 Å². The molecule has 3 rings (SSSR count). The van der Waals surface area contributed by atoms with Crippen LogP contribution in [0.3, 0.4) is 0 Å². The molecule has 2 aromatic carbocycles. The minimum absolute atomic E-state index is 0.00510. The number of benzene rings is 2. The summed E-state index contributed by atoms with van der Waals surface area (Å²) in [4.78, 5) is 48.3. The van der Waals surface area contributed by atoms with E-state index in [2.05, 4.69) is 10.6 Å². The van der Waals surface area contributed by atoms with E-state index >= 15 is 0 Å². The molecule has 0 unspecified atom stereocenters. The van der Waals surface area contributed by atoms with Crippen molar-refractivity contribution in [3.8, 4) is 0 Å². The number of carbonyl (C=O) groups is 4. The quantitative estimate of drug-likeness (QED) is 0.485. The number of rotatable bonds is 9. The first-order valence-electron chi connectivity index (χ1n) is 9.67. The van der Waals surface area contributed by atoms with Crippen molar-refractivity contribution in [2.45, 2.75) is 18.9 Å². The molecule has 1 aliphatic rings. The first kappa shape index (κ1) is 21.0. The predicted molar refractivity (Wildman–Crippen MR) is 108 cm³/mol. The number of imide groups is 1. The van der Waals surface area contributed by atoms with Gasteiger partial charge in [0.15, 0.2) is 6.61 Å². The third-order valence-corrected chi connectivity index (χ3v) is 4.64. The Kier molecular flexibility index (Phi) is 7.15. The van der Waals surface area contributed by atoms with Crippen LogP contribution in [0, 0.1) is 0 Å². The summed E-state index contributed by atoms with van der Waals surface area (Å²) in [7, 11) is 0. The highest BCUT2D eigenvalue weighted by molar-refractivity contribution is 6.01. The van der Waals surface area contributed by atoms with E-state index in [1.54, 1.807) is 0 Å². The fraction of sp³-hybridized carbons (Fsp3) is 0.273. The van der Waals surface area contributed by atoms with E-state index in [0.717, 1.165) is 16.0 Å². The SMILES string of the molecule is O=C(COC(=O)CCCN1C(=O)CNC1=O)NC(c1ccccc1)c1ccccc1. The zero-order valence-electron chi connectivity index (χ0n) is 16.4. The number of esters is 1. The van der Waals surface area contributed by atoms with Gasteiger partial charge in [-0.05, 0) is 17.5 Å². The second-order valence-electron chi connectivity index (χ2n) is 6.79. The lowest BCUT2D eigenvalue weighted by molar-refractivity contribution is -0.148. The molecule has 1 heterocycles. The zero-order chi connectivity index (χ0) is 21.3. The summed E-state index contributed by atoms with van der Waals surface area (Å²) in [5.41, 5.74) is 1.83. The van der Waals surface area contributed by atoms with Gasteiger partial charge in [0.05, 0.1) is 12.6 Å². The number of hydrogen-bond donors (Lipinski definition) is 2. The van der Waals surface area contributed by atoms with Crippen molar-refractivity contribution in [2.75, 3.05) is 19.7 Å². The maximum Gasteiger partial charge on any atom is 0.324 e. The van der Waals surface area contributed by atoms with Crippen molar-refractivity contribution in [2.24, 2.45) is 0 Å². The Bertz CT molecular complexity index is 846. The van der Waals surface area contributed by atoms with Crippen molar-refractivity contribution < 1.29 is 23.9 Å². The largest absolute Gasteiger partial charge is 0.456 e. The molecule has 2 aromatic rings. The molecule has 2 N–H and O–H groups in total. The van der Waals surface area contributed by atoms with Crippen LogP contribution in [0.1, 0.15) is 30.0 Å². The van der Waals surface area contributed by atoms with Gasteiger partial charge < -0.3 is 15.4 Å². The molecular weight excluding hydrogens is 386 g/mol. The second kappa shape index (κ2) is 10.2. The van der Waals surface area contributed by atoms with Gasteiger partial charge in [0.2, 0.25) is 5.91 Å². The van der Waals surface area contributed by atoms with Crippen LogP contribution in [-0.2, 0) is 19.1 Å². The van der Waals surface area contributed by atoms with Crippen molar-refractivity contribution >= 4 is 23.8 Å². The van der Waals surface area contributed by atoms with Crippen LogP contribution < -0.4 is 10.6 Å². The Labute approximate surface area is 174 Å². The van der Waals surface area contributed by atoms with Gasteiger partial charge >= 0.3 is 12.0 Å². The van der Waals surface area contributed by atoms with Crippen LogP contribution in [0.25, 0.3) is 0 Å². The lowest BCUT2D eigenvalue weighted by Gasteiger charge is -2.20. The topological polar surface area (TPSA) is 105 Å². The molecule has 1 aliphatic heterocycles. The van der Waals surface area contributed by atoms with Crippen LogP contribution in [0.5, 0.6) is 0 Å². The molecule has 30 heavy (non-hydrogen) atoms. The molecule has 4 amide bonds. The number of nitrogens with zero attached hydrogens (tertiary/aromatic N) is 1. The Hall–Kier alpha value is -3.68. The van der Waals surface area contributed by atoms with Gasteiger partial charge in [-0.1, -0.05) is 60.7 Å². The first-order chi connectivity index (χ1) is 14.5. The summed E-state index contributed by atoms with van der Waals surface area (Å²) in [6.07, 6.45) is 0.279. The number of amides is 4. The number of urea groups is 1. The van der Waals surface area contributed by atoms with Crippen LogP contribution in [0.4, 0.5) is 4.79 Å². The van der Waals surface area contributed by atoms with Gasteiger partial charge in [-0.25, -0.2) is 4.79 Å². The molecule has 0 radical (unpaired) electrons. The van der Waals surface area contributed by atoms with E-state index in [4.69, 9.17) is 4.74 Å². The van der Waals surface area contributed by atoms with Gasteiger partial charge in [0.1, 0.15) is 0 Å². The van der Waals surface area contributed by atoms with Crippen molar-refractivity contribution in [1.82, 2.24) is 15.5 Å². The van der Waals surface area contributed by atoms with Gasteiger partial charge in [-0.3, -0.25) is 19.3 Å². The maximum atomic E-state index is 12.4. The first-order valence-corrected chi connectivity index (χ1v) is 9.67. The maximum absolute atomic E-state index is 12.4. The Balaban J connectivity index is 1.48. The molecule has 1 fully saturated rings. The molecule has 0 bridgehead atoms. The number of hydrogen-bond acceptors (Lipinski definition) is 5. The normalized spacial score (nSPS) is 13.3. The summed E-state index contributed by atoms with van der Waals surface area (Å²) in [6, 6.07) is 18.2. The van der Waals surface area contributed by atoms with Crippen molar-refractivity contribution in [3.63, 3.8) is 0 Å². The Morgan fingerprint density at radius 2 is 1.60 bits per heavy atom. The monoisotopic (exact) mass is 409 g/mol. The summed E-state index contributed by atoms with van der Waals surface area (Å²) < 4.78 is 5.04. The highest BCUT2D eigenvalue weighted by Gasteiger charge is 2.27. The molecule has 0 aliphatic carbocycles. The fourth-order valence-electron chi connectivity index (χ4n) is 3.13. The minimum atomic E-state index is -0.562. The van der Waals surface area contributed by atoms with Crippen LogP contribution in [-0.4, -0.2) is 48.4 Å². The number of nitrogens with one attached hydrogen (secondary N) is 2. The molecule has 8 heteroatoms. The number of ether oxygens (including phenoxy) is 1. The van der Waals surface area contributed by atoms with Gasteiger partial charge in [0, 0.05) is 13.0 Å². The molecule has 1 saturated heterocycles. The summed E-state index contributed by atoms with van der Waals surface area (Å²) in [5, 5.41) is 5.31. The minimum Gasteiger partial charge on any atom is -0.456 e. The zero-order valence-corrected chi connectivity index (χ0v) is 16.4. The van der Waals surface area contributed by atoms with Gasteiger partial charge in [0.25, 0.3) is 5.91 Å². The standard InChI is InChI=1S/C22H23N3O5/c26-18(15-30-20(28)12-7-13-25-19(27)14-23-22(25)29)24-21(16-8-3-1-4-9-16)17-10-5-2-6-11-17/h1-6,8-11,21H,7,12-15H2,(H,23,29)(H,24,26). The van der Waals surface area contributed by atoms with Gasteiger partial charge in [-0.2, -0.15) is 0 Å². The van der Waals surface area contributed by atoms with Crippen molar-refractivity contribution in [3.05, 3.63) is 71.8 Å². The predicted octanol–water partition coefficient (Wildman–Crippen LogP) is 1.77. The van der Waals surface area contributed by atoms with E-state index in [0.29, 0.717) is 0 Å². The van der Waals surface area contributed by atoms with Crippen LogP contribution in [0.2, 0.25) is 0 Å². The molecule has 0 atom stereocenters. The van der Waals surface area contributed by atoms with E-state index in [-0.39, 0.29) is 37.9 Å². The molecule has 8 nitrogen and oxygen atoms in total. The van der Waals surface area contributed by atoms with Crippen LogP contribution in [0.15, 0.2) is 60.7 Å². The highest BCUT2D eigenvalue weighted by Crippen LogP contribution is 2.21. The lowest BCUT2D eigenvalue weighted by Crippen LogP contribution is -2.33. The van der Waals surface area contributed by atoms with Gasteiger partial charge in [-0.15, -0.1) is 0 Å². The summed E-state index contributed by atoms with van der Waals surface area (Å²) in [6.45, 7) is -0.290. The third kappa shape index (κ3) is 5.66. The number of carbonyl (C=O) groups excluding carboxylic acids is 4. The average molecular weight is 409 g/mol. The Morgan fingerprint density at radius 3 is 2.13 bits per heavy atom. The molecule has 0 aromatic heterocycles.